The van der Waals surface area contributed by atoms with E-state index in [0.717, 1.165) is 17.7 Å². The van der Waals surface area contributed by atoms with Gasteiger partial charge in [0.05, 0.1) is 6.04 Å². The van der Waals surface area contributed by atoms with E-state index in [2.05, 4.69) is 10.3 Å². The Labute approximate surface area is 161 Å². The maximum atomic E-state index is 13.2. The van der Waals surface area contributed by atoms with Gasteiger partial charge in [-0.2, -0.15) is 0 Å². The summed E-state index contributed by atoms with van der Waals surface area (Å²) in [4.78, 5) is 16.2. The van der Waals surface area contributed by atoms with Crippen LogP contribution >= 0.6 is 0 Å². The molecule has 0 bridgehead atoms. The number of benzene rings is 2. The summed E-state index contributed by atoms with van der Waals surface area (Å²) in [6.07, 6.45) is 4.34. The Morgan fingerprint density at radius 1 is 1.07 bits per heavy atom. The van der Waals surface area contributed by atoms with Gasteiger partial charge in [0.2, 0.25) is 11.8 Å². The first kappa shape index (κ1) is 19.2. The third-order valence-corrected chi connectivity index (χ3v) is 3.95. The molecule has 6 heteroatoms. The van der Waals surface area contributed by atoms with Crippen molar-refractivity contribution in [1.29, 1.82) is 0 Å². The molecule has 0 radical (unpaired) electrons. The Morgan fingerprint density at radius 2 is 1.93 bits per heavy atom. The van der Waals surface area contributed by atoms with Crippen LogP contribution in [0.25, 0.3) is 6.08 Å². The average molecular weight is 380 g/mol. The number of halogens is 2. The Hall–Kier alpha value is -3.54. The molecule has 3 aromatic rings. The van der Waals surface area contributed by atoms with Gasteiger partial charge in [-0.15, -0.1) is 0 Å². The van der Waals surface area contributed by atoms with Gasteiger partial charge in [-0.3, -0.25) is 4.79 Å². The largest absolute Gasteiger partial charge is 0.439 e. The number of nitrogens with zero attached hydrogens (tertiary/aromatic N) is 1. The predicted molar refractivity (Wildman–Crippen MR) is 103 cm³/mol. The number of hydrogen-bond acceptors (Lipinski definition) is 3. The van der Waals surface area contributed by atoms with Gasteiger partial charge >= 0.3 is 0 Å². The molecule has 0 aliphatic rings. The normalized spacial score (nSPS) is 12.0. The zero-order chi connectivity index (χ0) is 19.9. The van der Waals surface area contributed by atoms with Gasteiger partial charge in [-0.1, -0.05) is 24.3 Å². The molecule has 0 aliphatic carbocycles. The minimum atomic E-state index is -0.958. The maximum Gasteiger partial charge on any atom is 0.244 e. The molecule has 0 fully saturated rings. The fourth-order valence-electron chi connectivity index (χ4n) is 2.51. The van der Waals surface area contributed by atoms with Crippen molar-refractivity contribution in [1.82, 2.24) is 10.3 Å². The molecule has 1 amide bonds. The lowest BCUT2D eigenvalue weighted by Crippen LogP contribution is -2.24. The third-order valence-electron chi connectivity index (χ3n) is 3.95. The second kappa shape index (κ2) is 8.90. The number of amides is 1. The minimum absolute atomic E-state index is 0.283. The van der Waals surface area contributed by atoms with Crippen molar-refractivity contribution in [3.05, 3.63) is 95.7 Å². The molecule has 1 heterocycles. The van der Waals surface area contributed by atoms with Crippen LogP contribution in [0.5, 0.6) is 11.6 Å². The van der Waals surface area contributed by atoms with Crippen LogP contribution in [0.3, 0.4) is 0 Å². The Bertz CT molecular complexity index is 991. The summed E-state index contributed by atoms with van der Waals surface area (Å²) < 4.78 is 31.8. The summed E-state index contributed by atoms with van der Waals surface area (Å²) in [5.74, 6) is -1.16. The van der Waals surface area contributed by atoms with Gasteiger partial charge in [0.15, 0.2) is 11.6 Å². The van der Waals surface area contributed by atoms with Crippen LogP contribution in [0.15, 0.2) is 72.9 Å². The van der Waals surface area contributed by atoms with Crippen LogP contribution in [0.2, 0.25) is 0 Å². The van der Waals surface area contributed by atoms with Crippen LogP contribution < -0.4 is 10.1 Å². The molecule has 4 nitrogen and oxygen atoms in total. The molecule has 0 unspecified atom stereocenters. The maximum absolute atomic E-state index is 13.2. The van der Waals surface area contributed by atoms with E-state index in [0.29, 0.717) is 17.2 Å². The molecule has 3 rings (SSSR count). The summed E-state index contributed by atoms with van der Waals surface area (Å²) in [6.45, 7) is 1.84. The van der Waals surface area contributed by atoms with Crippen molar-refractivity contribution in [2.24, 2.45) is 0 Å². The molecular formula is C22H18F2N2O2. The minimum Gasteiger partial charge on any atom is -0.439 e. The zero-order valence-electron chi connectivity index (χ0n) is 15.1. The number of rotatable bonds is 6. The first-order valence-corrected chi connectivity index (χ1v) is 8.64. The lowest BCUT2D eigenvalue weighted by molar-refractivity contribution is -0.117. The summed E-state index contributed by atoms with van der Waals surface area (Å²) in [6, 6.07) is 15.9. The fourth-order valence-corrected chi connectivity index (χ4v) is 2.51. The molecule has 28 heavy (non-hydrogen) atoms. The van der Waals surface area contributed by atoms with Crippen molar-refractivity contribution in [2.45, 2.75) is 13.0 Å². The number of carbonyl (C=O) groups excluding carboxylic acids is 1. The summed E-state index contributed by atoms with van der Waals surface area (Å²) in [7, 11) is 0. The van der Waals surface area contributed by atoms with Crippen molar-refractivity contribution in [2.75, 3.05) is 0 Å². The number of ether oxygens (including phenoxy) is 1. The number of carbonyl (C=O) groups is 1. The van der Waals surface area contributed by atoms with Gasteiger partial charge in [-0.25, -0.2) is 13.8 Å². The Balaban J connectivity index is 1.62. The summed E-state index contributed by atoms with van der Waals surface area (Å²) in [5.41, 5.74) is 1.25. The molecule has 2 aromatic carbocycles. The van der Waals surface area contributed by atoms with E-state index in [4.69, 9.17) is 4.74 Å². The molecule has 1 atom stereocenters. The van der Waals surface area contributed by atoms with Crippen molar-refractivity contribution in [3.8, 4) is 11.6 Å². The van der Waals surface area contributed by atoms with Crippen molar-refractivity contribution in [3.63, 3.8) is 0 Å². The average Bonchev–Trinajstić information content (AvgIpc) is 2.70. The lowest BCUT2D eigenvalue weighted by Gasteiger charge is -2.14. The van der Waals surface area contributed by atoms with E-state index in [9.17, 15) is 13.6 Å². The molecule has 0 saturated heterocycles. The molecule has 0 spiro atoms. The molecule has 1 aromatic heterocycles. The van der Waals surface area contributed by atoms with Crippen molar-refractivity contribution < 1.29 is 18.3 Å². The predicted octanol–water partition coefficient (Wildman–Crippen LogP) is 5.04. The number of pyridine rings is 1. The van der Waals surface area contributed by atoms with Crippen molar-refractivity contribution >= 4 is 12.0 Å². The van der Waals surface area contributed by atoms with E-state index in [1.165, 1.54) is 18.2 Å². The fraction of sp³-hybridized carbons (Fsp3) is 0.0909. The van der Waals surface area contributed by atoms with Crippen LogP contribution in [0.1, 0.15) is 24.1 Å². The first-order chi connectivity index (χ1) is 13.5. The number of nitrogens with one attached hydrogen (secondary N) is 1. The summed E-state index contributed by atoms with van der Waals surface area (Å²) >= 11 is 0. The number of hydrogen-bond donors (Lipinski definition) is 1. The highest BCUT2D eigenvalue weighted by atomic mass is 19.2. The Kier molecular flexibility index (Phi) is 6.11. The monoisotopic (exact) mass is 380 g/mol. The van der Waals surface area contributed by atoms with Gasteiger partial charge in [0.25, 0.3) is 0 Å². The zero-order valence-corrected chi connectivity index (χ0v) is 15.1. The van der Waals surface area contributed by atoms with E-state index in [-0.39, 0.29) is 11.9 Å². The van der Waals surface area contributed by atoms with Crippen LogP contribution in [-0.4, -0.2) is 10.9 Å². The van der Waals surface area contributed by atoms with Crippen LogP contribution in [0.4, 0.5) is 8.78 Å². The standard InChI is InChI=1S/C22H18F2N2O2/c1-15(26-21(27)11-9-16-8-10-19(23)20(24)13-16)17-5-4-6-18(14-17)28-22-7-2-3-12-25-22/h2-15H,1H3,(H,26,27)/b11-9+/t15-/m0/s1. The van der Waals surface area contributed by atoms with E-state index in [1.807, 2.05) is 31.2 Å². The van der Waals surface area contributed by atoms with Gasteiger partial charge in [0, 0.05) is 18.3 Å². The van der Waals surface area contributed by atoms with Crippen LogP contribution in [0, 0.1) is 11.6 Å². The van der Waals surface area contributed by atoms with Crippen LogP contribution in [-0.2, 0) is 4.79 Å². The van der Waals surface area contributed by atoms with Gasteiger partial charge in [-0.05, 0) is 54.5 Å². The quantitative estimate of drug-likeness (QED) is 0.610. The highest BCUT2D eigenvalue weighted by molar-refractivity contribution is 5.91. The van der Waals surface area contributed by atoms with E-state index in [1.54, 1.807) is 24.4 Å². The summed E-state index contributed by atoms with van der Waals surface area (Å²) in [5, 5.41) is 2.82. The van der Waals surface area contributed by atoms with E-state index < -0.39 is 11.6 Å². The topological polar surface area (TPSA) is 51.2 Å². The second-order valence-corrected chi connectivity index (χ2v) is 6.08. The third kappa shape index (κ3) is 5.23. The molecular weight excluding hydrogens is 362 g/mol. The molecule has 0 saturated carbocycles. The van der Waals surface area contributed by atoms with Gasteiger partial charge in [0.1, 0.15) is 5.75 Å². The Morgan fingerprint density at radius 3 is 2.68 bits per heavy atom. The molecule has 0 aliphatic heterocycles. The lowest BCUT2D eigenvalue weighted by atomic mass is 10.1. The smallest absolute Gasteiger partial charge is 0.244 e. The first-order valence-electron chi connectivity index (χ1n) is 8.64. The van der Waals surface area contributed by atoms with Gasteiger partial charge < -0.3 is 10.1 Å². The molecule has 142 valence electrons. The molecule has 1 N–H and O–H groups in total. The second-order valence-electron chi connectivity index (χ2n) is 6.08. The SMILES string of the molecule is C[C@H](NC(=O)/C=C/c1ccc(F)c(F)c1)c1cccc(Oc2ccccn2)c1. The highest BCUT2D eigenvalue weighted by Gasteiger charge is 2.09. The highest BCUT2D eigenvalue weighted by Crippen LogP contribution is 2.23. The number of aromatic nitrogens is 1. The van der Waals surface area contributed by atoms with E-state index >= 15 is 0 Å².